The Balaban J connectivity index is 1.31. The van der Waals surface area contributed by atoms with Gasteiger partial charge in [-0.2, -0.15) is 0 Å². The van der Waals surface area contributed by atoms with Crippen molar-refractivity contribution in [3.8, 4) is 0 Å². The van der Waals surface area contributed by atoms with Gasteiger partial charge < -0.3 is 10.2 Å². The summed E-state index contributed by atoms with van der Waals surface area (Å²) in [6.07, 6.45) is 19.7. The highest BCUT2D eigenvalue weighted by atomic mass is 16.2. The number of hydrogen-bond acceptors (Lipinski definition) is 5. The standard InChI is InChI=1S/C35H51N5O2/c1-28(41)39-22-9-4-2-3-8-21-38(26-29-12-11-19-36-25-29)27-31-24-30(16-17-34(31)39)35(42)37-20-18-33-15-7-10-23-40(33)32-13-5-6-14-32/h11-12,16-17,19,24-25,32-33H,2-10,13-15,18,20-23,26-27H2,1H3,(H,37,42). The molecule has 1 saturated heterocycles. The summed E-state index contributed by atoms with van der Waals surface area (Å²) in [7, 11) is 0. The van der Waals surface area contributed by atoms with Crippen LogP contribution in [0.5, 0.6) is 0 Å². The molecule has 0 spiro atoms. The van der Waals surface area contributed by atoms with Gasteiger partial charge in [0.2, 0.25) is 5.91 Å². The van der Waals surface area contributed by atoms with Crippen molar-refractivity contribution < 1.29 is 9.59 Å². The molecule has 2 amide bonds. The van der Waals surface area contributed by atoms with Crippen molar-refractivity contribution in [3.63, 3.8) is 0 Å². The Labute approximate surface area is 253 Å². The second kappa shape index (κ2) is 15.6. The van der Waals surface area contributed by atoms with Gasteiger partial charge in [0.15, 0.2) is 0 Å². The lowest BCUT2D eigenvalue weighted by Crippen LogP contribution is -2.46. The minimum atomic E-state index is -0.0136. The largest absolute Gasteiger partial charge is 0.352 e. The van der Waals surface area contributed by atoms with Crippen LogP contribution in [-0.2, 0) is 17.9 Å². The lowest BCUT2D eigenvalue weighted by atomic mass is 9.96. The molecule has 3 aliphatic rings. The van der Waals surface area contributed by atoms with Gasteiger partial charge in [-0.05, 0) is 93.4 Å². The van der Waals surface area contributed by atoms with Crippen LogP contribution >= 0.6 is 0 Å². The molecule has 1 aromatic carbocycles. The van der Waals surface area contributed by atoms with Crippen molar-refractivity contribution in [2.45, 2.75) is 116 Å². The zero-order valence-electron chi connectivity index (χ0n) is 25.7. The highest BCUT2D eigenvalue weighted by Gasteiger charge is 2.30. The van der Waals surface area contributed by atoms with E-state index in [0.717, 1.165) is 62.6 Å². The summed E-state index contributed by atoms with van der Waals surface area (Å²) < 4.78 is 0. The molecule has 3 heterocycles. The Bertz CT molecular complexity index is 1150. The summed E-state index contributed by atoms with van der Waals surface area (Å²) in [5.41, 5.74) is 3.84. The van der Waals surface area contributed by atoms with Crippen LogP contribution in [0.2, 0.25) is 0 Å². The van der Waals surface area contributed by atoms with Crippen molar-refractivity contribution in [1.82, 2.24) is 20.1 Å². The van der Waals surface area contributed by atoms with Gasteiger partial charge >= 0.3 is 0 Å². The minimum absolute atomic E-state index is 0.0136. The number of fused-ring (bicyclic) bond motifs is 1. The number of likely N-dealkylation sites (tertiary alicyclic amines) is 1. The zero-order valence-corrected chi connectivity index (χ0v) is 25.7. The number of carbonyl (C=O) groups is 2. The molecule has 42 heavy (non-hydrogen) atoms. The van der Waals surface area contributed by atoms with Gasteiger partial charge in [0, 0.05) is 68.8 Å². The quantitative estimate of drug-likeness (QED) is 0.420. The Morgan fingerprint density at radius 3 is 2.45 bits per heavy atom. The maximum Gasteiger partial charge on any atom is 0.251 e. The Morgan fingerprint density at radius 1 is 0.905 bits per heavy atom. The van der Waals surface area contributed by atoms with Crippen LogP contribution in [0.15, 0.2) is 42.7 Å². The van der Waals surface area contributed by atoms with Gasteiger partial charge in [-0.25, -0.2) is 0 Å². The second-order valence-electron chi connectivity index (χ2n) is 12.7. The normalized spacial score (nSPS) is 21.7. The van der Waals surface area contributed by atoms with Crippen LogP contribution in [-0.4, -0.2) is 64.9 Å². The number of piperidine rings is 1. The molecular weight excluding hydrogens is 522 g/mol. The Kier molecular flexibility index (Phi) is 11.4. The van der Waals surface area contributed by atoms with Crippen LogP contribution in [0.25, 0.3) is 0 Å². The van der Waals surface area contributed by atoms with Crippen molar-refractivity contribution in [1.29, 1.82) is 0 Å². The molecule has 5 rings (SSSR count). The number of aromatic nitrogens is 1. The first-order valence-electron chi connectivity index (χ1n) is 16.6. The molecule has 2 aliphatic heterocycles. The third-order valence-electron chi connectivity index (χ3n) is 9.62. The van der Waals surface area contributed by atoms with Crippen molar-refractivity contribution in [2.24, 2.45) is 0 Å². The van der Waals surface area contributed by atoms with Crippen molar-refractivity contribution in [3.05, 3.63) is 59.4 Å². The molecule has 1 N–H and O–H groups in total. The molecule has 1 atom stereocenters. The number of nitrogens with zero attached hydrogens (tertiary/aromatic N) is 4. The van der Waals surface area contributed by atoms with Gasteiger partial charge in [0.05, 0.1) is 0 Å². The van der Waals surface area contributed by atoms with Crippen LogP contribution < -0.4 is 10.2 Å². The predicted octanol–water partition coefficient (Wildman–Crippen LogP) is 6.32. The van der Waals surface area contributed by atoms with E-state index in [0.29, 0.717) is 24.7 Å². The second-order valence-corrected chi connectivity index (χ2v) is 12.7. The number of nitrogens with one attached hydrogen (secondary N) is 1. The van der Waals surface area contributed by atoms with Gasteiger partial charge in [-0.1, -0.05) is 44.6 Å². The summed E-state index contributed by atoms with van der Waals surface area (Å²) in [4.78, 5) is 37.7. The monoisotopic (exact) mass is 573 g/mol. The van der Waals surface area contributed by atoms with Crippen LogP contribution in [0.1, 0.15) is 112 Å². The highest BCUT2D eigenvalue weighted by Crippen LogP contribution is 2.31. The fraction of sp³-hybridized carbons (Fsp3) is 0.629. The number of anilines is 1. The fourth-order valence-electron chi connectivity index (χ4n) is 7.41. The maximum atomic E-state index is 13.4. The first kappa shape index (κ1) is 30.7. The van der Waals surface area contributed by atoms with Gasteiger partial charge in [0.25, 0.3) is 5.91 Å². The van der Waals surface area contributed by atoms with E-state index in [1.54, 1.807) is 6.92 Å². The third kappa shape index (κ3) is 8.41. The molecule has 0 radical (unpaired) electrons. The zero-order chi connectivity index (χ0) is 29.1. The topological polar surface area (TPSA) is 68.8 Å². The number of amides is 2. The summed E-state index contributed by atoms with van der Waals surface area (Å²) in [6, 6.07) is 11.4. The molecular formula is C35H51N5O2. The minimum Gasteiger partial charge on any atom is -0.352 e. The number of hydrogen-bond donors (Lipinski definition) is 1. The molecule has 2 aromatic rings. The molecule has 1 saturated carbocycles. The molecule has 7 heteroatoms. The summed E-state index contributed by atoms with van der Waals surface area (Å²) >= 11 is 0. The SMILES string of the molecule is CC(=O)N1CCCCCCCN(Cc2cccnc2)Cc2cc(C(=O)NCCC3CCCCN3C3CCCC3)ccc21. The van der Waals surface area contributed by atoms with E-state index in [1.165, 1.54) is 69.9 Å². The smallest absolute Gasteiger partial charge is 0.251 e. The highest BCUT2D eigenvalue weighted by molar-refractivity contribution is 5.97. The number of carbonyl (C=O) groups excluding carboxylic acids is 2. The summed E-state index contributed by atoms with van der Waals surface area (Å²) in [5, 5.41) is 3.25. The van der Waals surface area contributed by atoms with Gasteiger partial charge in [-0.15, -0.1) is 0 Å². The number of rotatable bonds is 7. The first-order chi connectivity index (χ1) is 20.6. The fourth-order valence-corrected chi connectivity index (χ4v) is 7.41. The molecule has 7 nitrogen and oxygen atoms in total. The van der Waals surface area contributed by atoms with Crippen LogP contribution in [0.4, 0.5) is 5.69 Å². The van der Waals surface area contributed by atoms with E-state index in [4.69, 9.17) is 0 Å². The molecule has 1 aromatic heterocycles. The average molecular weight is 574 g/mol. The molecule has 2 fully saturated rings. The third-order valence-corrected chi connectivity index (χ3v) is 9.62. The van der Waals surface area contributed by atoms with E-state index >= 15 is 0 Å². The van der Waals surface area contributed by atoms with E-state index in [1.807, 2.05) is 41.6 Å². The van der Waals surface area contributed by atoms with E-state index < -0.39 is 0 Å². The van der Waals surface area contributed by atoms with Gasteiger partial charge in [-0.3, -0.25) is 24.4 Å². The maximum absolute atomic E-state index is 13.4. The van der Waals surface area contributed by atoms with Crippen LogP contribution in [0, 0.1) is 0 Å². The number of benzene rings is 1. The Hall–Kier alpha value is -2.77. The van der Waals surface area contributed by atoms with Crippen molar-refractivity contribution >= 4 is 17.5 Å². The van der Waals surface area contributed by atoms with E-state index in [9.17, 15) is 9.59 Å². The average Bonchev–Trinajstić information content (AvgIpc) is 3.54. The lowest BCUT2D eigenvalue weighted by molar-refractivity contribution is -0.116. The summed E-state index contributed by atoms with van der Waals surface area (Å²) in [6.45, 7) is 6.76. The predicted molar refractivity (Wildman–Crippen MR) is 169 cm³/mol. The van der Waals surface area contributed by atoms with Gasteiger partial charge in [0.1, 0.15) is 0 Å². The van der Waals surface area contributed by atoms with Crippen molar-refractivity contribution in [2.75, 3.05) is 31.1 Å². The first-order valence-corrected chi connectivity index (χ1v) is 16.6. The molecule has 1 aliphatic carbocycles. The lowest BCUT2D eigenvalue weighted by Gasteiger charge is -2.40. The van der Waals surface area contributed by atoms with Crippen LogP contribution in [0.3, 0.4) is 0 Å². The number of pyridine rings is 1. The van der Waals surface area contributed by atoms with E-state index in [2.05, 4.69) is 26.2 Å². The molecule has 228 valence electrons. The van der Waals surface area contributed by atoms with E-state index in [-0.39, 0.29) is 11.8 Å². The summed E-state index contributed by atoms with van der Waals surface area (Å²) in [5.74, 6) is 0.0453. The molecule has 1 unspecified atom stereocenters. The Morgan fingerprint density at radius 2 is 1.67 bits per heavy atom. The molecule has 0 bridgehead atoms.